The van der Waals surface area contributed by atoms with E-state index in [1.165, 1.54) is 111 Å². The summed E-state index contributed by atoms with van der Waals surface area (Å²) in [7, 11) is 0. The summed E-state index contributed by atoms with van der Waals surface area (Å²) in [5.74, 6) is 0. The van der Waals surface area contributed by atoms with E-state index in [-0.39, 0.29) is 0 Å². The predicted octanol–water partition coefficient (Wildman–Crippen LogP) is 15.2. The third-order valence-corrected chi connectivity index (χ3v) is 18.2. The van der Waals surface area contributed by atoms with Gasteiger partial charge in [-0.2, -0.15) is 0 Å². The van der Waals surface area contributed by atoms with Crippen molar-refractivity contribution in [2.24, 2.45) is 0 Å². The quantitative estimate of drug-likeness (QED) is 0.137. The average molecular weight is 835 g/mol. The van der Waals surface area contributed by atoms with Crippen LogP contribution in [0.4, 0.5) is 51.2 Å². The number of anilines is 9. The molecule has 0 spiro atoms. The fraction of sp³-hybridized carbons (Fsp3) is 0.0877. The Kier molecular flexibility index (Phi) is 8.23. The maximum Gasteiger partial charge on any atom is 0.180 e. The van der Waals surface area contributed by atoms with Crippen molar-refractivity contribution in [2.75, 3.05) is 14.7 Å². The number of hydrogen-bond donors (Lipinski definition) is 1. The monoisotopic (exact) mass is 834 g/mol. The molecule has 3 aliphatic heterocycles. The van der Waals surface area contributed by atoms with Gasteiger partial charge in [-0.05, 0) is 152 Å². The minimum Gasteiger partial charge on any atom is -0.303 e. The van der Waals surface area contributed by atoms with Gasteiger partial charge in [0.2, 0.25) is 0 Å². The molecular formula is C57H45N3PS+. The molecule has 0 aromatic heterocycles. The number of hydrogen-bond acceptors (Lipinski definition) is 4. The third kappa shape index (κ3) is 5.36. The molecule has 3 nitrogen and oxygen atoms in total. The Morgan fingerprint density at radius 1 is 0.323 bits per heavy atom. The van der Waals surface area contributed by atoms with Gasteiger partial charge in [0, 0.05) is 29.0 Å². The Morgan fingerprint density at radius 3 is 1.24 bits per heavy atom. The molecule has 0 N–H and O–H groups in total. The summed E-state index contributed by atoms with van der Waals surface area (Å²) in [6.07, 6.45) is 0. The molecule has 0 aliphatic carbocycles. The molecule has 3 aliphatic rings. The zero-order valence-corrected chi connectivity index (χ0v) is 37.3. The van der Waals surface area contributed by atoms with Crippen molar-refractivity contribution in [3.63, 3.8) is 0 Å². The van der Waals surface area contributed by atoms with E-state index >= 15 is 0 Å². The van der Waals surface area contributed by atoms with Crippen LogP contribution in [-0.2, 0) is 0 Å². The molecule has 5 heteroatoms. The highest BCUT2D eigenvalue weighted by Crippen LogP contribution is 2.76. The normalized spacial score (nSPS) is 14.0. The predicted molar refractivity (Wildman–Crippen MR) is 271 cm³/mol. The van der Waals surface area contributed by atoms with Crippen molar-refractivity contribution in [1.82, 2.24) is 0 Å². The van der Waals surface area contributed by atoms with E-state index in [0.29, 0.717) is 0 Å². The number of aryl methyl sites for hydroxylation is 5. The molecule has 12 rings (SSSR count). The Morgan fingerprint density at radius 2 is 0.742 bits per heavy atom. The van der Waals surface area contributed by atoms with Crippen molar-refractivity contribution >= 4 is 96.6 Å². The SMILES string of the molecule is Cc1ccc(N2c3cc(C)cc4c3[P+]3(S)c5c2cc(C)cc5N(c2ccc(-c5cccc(-c6ccccc6)c5)c5ccccc25)c2cc(C)cc(c23)N4c2ccc(C)cc2)cc1. The topological polar surface area (TPSA) is 9.72 Å². The van der Waals surface area contributed by atoms with Crippen LogP contribution in [0.3, 0.4) is 0 Å². The third-order valence-electron chi connectivity index (χ3n) is 13.1. The summed E-state index contributed by atoms with van der Waals surface area (Å²) < 4.78 is 0. The first-order chi connectivity index (χ1) is 30.2. The summed E-state index contributed by atoms with van der Waals surface area (Å²) in [6, 6.07) is 65.9. The van der Waals surface area contributed by atoms with E-state index in [1.807, 2.05) is 0 Å². The fourth-order valence-corrected chi connectivity index (χ4v) is 15.9. The van der Waals surface area contributed by atoms with E-state index in [9.17, 15) is 0 Å². The van der Waals surface area contributed by atoms with Crippen LogP contribution in [0.15, 0.2) is 176 Å². The smallest absolute Gasteiger partial charge is 0.180 e. The number of benzene rings is 9. The largest absolute Gasteiger partial charge is 0.303 e. The minimum absolute atomic E-state index is 1.15. The molecule has 0 unspecified atom stereocenters. The van der Waals surface area contributed by atoms with Gasteiger partial charge in [-0.15, -0.1) is 0 Å². The highest BCUT2D eigenvalue weighted by Gasteiger charge is 2.63. The Labute approximate surface area is 370 Å². The molecule has 0 saturated heterocycles. The van der Waals surface area contributed by atoms with Gasteiger partial charge in [0.15, 0.2) is 22.4 Å². The Bertz CT molecular complexity index is 3190. The zero-order valence-electron chi connectivity index (χ0n) is 35.5. The second-order valence-corrected chi connectivity index (χ2v) is 21.8. The highest BCUT2D eigenvalue weighted by atomic mass is 32.7. The van der Waals surface area contributed by atoms with Crippen LogP contribution in [-0.4, -0.2) is 0 Å². The first-order valence-electron chi connectivity index (χ1n) is 21.5. The van der Waals surface area contributed by atoms with Crippen LogP contribution in [0.1, 0.15) is 27.8 Å². The van der Waals surface area contributed by atoms with E-state index in [0.717, 1.165) is 17.1 Å². The van der Waals surface area contributed by atoms with E-state index < -0.39 is 6.46 Å². The van der Waals surface area contributed by atoms with Crippen molar-refractivity contribution in [3.8, 4) is 22.3 Å². The van der Waals surface area contributed by atoms with E-state index in [4.69, 9.17) is 12.2 Å². The van der Waals surface area contributed by atoms with Gasteiger partial charge in [-0.1, -0.05) is 114 Å². The standard InChI is InChI=1S/C57H45N3PS/c1-35-18-22-43(23-19-35)58-49-28-37(3)29-50-55(49)61(62)56-51(58)30-38(4)32-53(56)60(54-33-39(5)31-52(57(54)61)59(50)44-24-20-36(2)21-25-44)48-27-26-45(46-16-9-10-17-47(46)48)42-15-11-14-41(34-42)40-12-7-6-8-13-40/h6-34,62H,1-5H3/q+1. The highest BCUT2D eigenvalue weighted by molar-refractivity contribution is 8.61. The van der Waals surface area contributed by atoms with Crippen LogP contribution in [0.25, 0.3) is 33.0 Å². The summed E-state index contributed by atoms with van der Waals surface area (Å²) in [6.45, 7) is 8.51. The molecule has 62 heavy (non-hydrogen) atoms. The lowest BCUT2D eigenvalue weighted by Crippen LogP contribution is -2.49. The molecule has 0 amide bonds. The lowest BCUT2D eigenvalue weighted by molar-refractivity contribution is 1.20. The maximum atomic E-state index is 6.22. The summed E-state index contributed by atoms with van der Waals surface area (Å²) in [4.78, 5) is 7.65. The van der Waals surface area contributed by atoms with Crippen LogP contribution >= 0.6 is 18.7 Å². The maximum absolute atomic E-state index is 6.22. The molecule has 298 valence electrons. The van der Waals surface area contributed by atoms with Gasteiger partial charge in [-0.25, -0.2) is 0 Å². The second-order valence-electron chi connectivity index (χ2n) is 17.4. The van der Waals surface area contributed by atoms with Crippen molar-refractivity contribution < 1.29 is 0 Å². The lowest BCUT2D eigenvalue weighted by Gasteiger charge is -2.49. The summed E-state index contributed by atoms with van der Waals surface area (Å²) in [5.41, 5.74) is 21.7. The molecule has 0 fully saturated rings. The minimum atomic E-state index is -2.57. The van der Waals surface area contributed by atoms with Gasteiger partial charge < -0.3 is 14.7 Å². The molecule has 3 heterocycles. The Balaban J connectivity index is 1.18. The van der Waals surface area contributed by atoms with Crippen molar-refractivity contribution in [1.29, 1.82) is 0 Å². The van der Waals surface area contributed by atoms with Crippen LogP contribution in [0.2, 0.25) is 0 Å². The molecule has 0 radical (unpaired) electrons. The Hall–Kier alpha value is -6.58. The zero-order chi connectivity index (χ0) is 42.0. The summed E-state index contributed by atoms with van der Waals surface area (Å²) >= 11 is 6.22. The molecule has 0 atom stereocenters. The first-order valence-corrected chi connectivity index (χ1v) is 24.4. The molecule has 9 aromatic rings. The fourth-order valence-electron chi connectivity index (χ4n) is 10.4. The molecule has 0 saturated carbocycles. The van der Waals surface area contributed by atoms with Gasteiger partial charge in [0.1, 0.15) is 0 Å². The van der Waals surface area contributed by atoms with Gasteiger partial charge >= 0.3 is 0 Å². The molecular weight excluding hydrogens is 790 g/mol. The first kappa shape index (κ1) is 37.2. The molecule has 0 bridgehead atoms. The van der Waals surface area contributed by atoms with Crippen LogP contribution in [0, 0.1) is 34.6 Å². The number of rotatable bonds is 5. The van der Waals surface area contributed by atoms with E-state index in [2.05, 4.69) is 225 Å². The van der Waals surface area contributed by atoms with Crippen molar-refractivity contribution in [3.05, 3.63) is 204 Å². The summed E-state index contributed by atoms with van der Waals surface area (Å²) in [5, 5.41) is 6.38. The lowest BCUT2D eigenvalue weighted by atomic mass is 9.94. The van der Waals surface area contributed by atoms with Crippen LogP contribution < -0.4 is 30.6 Å². The molecule has 9 aromatic carbocycles. The van der Waals surface area contributed by atoms with Crippen molar-refractivity contribution in [2.45, 2.75) is 34.6 Å². The van der Waals surface area contributed by atoms with Gasteiger partial charge in [-0.3, -0.25) is 0 Å². The van der Waals surface area contributed by atoms with Crippen LogP contribution in [0.5, 0.6) is 0 Å². The van der Waals surface area contributed by atoms with Gasteiger partial charge in [0.05, 0.1) is 39.8 Å². The number of thiol groups is 1. The second kappa shape index (κ2) is 13.7. The average Bonchev–Trinajstić information content (AvgIpc) is 3.27. The number of nitrogens with zero attached hydrogens (tertiary/aromatic N) is 3. The number of fused-ring (bicyclic) bond motifs is 1. The van der Waals surface area contributed by atoms with E-state index in [1.54, 1.807) is 0 Å². The van der Waals surface area contributed by atoms with Gasteiger partial charge in [0.25, 0.3) is 0 Å².